The number of hydrogen-bond acceptors (Lipinski definition) is 5. The summed E-state index contributed by atoms with van der Waals surface area (Å²) in [6.07, 6.45) is 5.95. The van der Waals surface area contributed by atoms with E-state index in [9.17, 15) is 13.2 Å². The Balaban J connectivity index is 0.00000225. The van der Waals surface area contributed by atoms with Gasteiger partial charge in [0.2, 0.25) is 5.91 Å². The van der Waals surface area contributed by atoms with Crippen LogP contribution in [0.4, 0.5) is 5.69 Å². The van der Waals surface area contributed by atoms with Gasteiger partial charge in [-0.25, -0.2) is 13.1 Å². The molecule has 3 rings (SSSR count). The number of piperidine rings is 1. The fraction of sp³-hybridized carbons (Fsp3) is 0.375. The summed E-state index contributed by atoms with van der Waals surface area (Å²) in [5.74, 6) is -0.0228. The van der Waals surface area contributed by atoms with Crippen LogP contribution < -0.4 is 10.6 Å². The third-order valence-electron chi connectivity index (χ3n) is 4.07. The van der Waals surface area contributed by atoms with Crippen LogP contribution in [0.15, 0.2) is 41.6 Å². The molecule has 2 N–H and O–H groups in total. The van der Waals surface area contributed by atoms with E-state index < -0.39 is 9.84 Å². The lowest BCUT2D eigenvalue weighted by molar-refractivity contribution is -0.120. The summed E-state index contributed by atoms with van der Waals surface area (Å²) in [6, 6.07) is 6.64. The Morgan fingerprint density at radius 1 is 1.28 bits per heavy atom. The van der Waals surface area contributed by atoms with Gasteiger partial charge in [-0.1, -0.05) is 12.1 Å². The number of hydrogen-bond donors (Lipinski definition) is 2. The van der Waals surface area contributed by atoms with Crippen molar-refractivity contribution in [1.82, 2.24) is 15.1 Å². The number of aromatic nitrogens is 2. The molecule has 0 saturated carbocycles. The molecule has 0 aliphatic carbocycles. The first-order valence-electron chi connectivity index (χ1n) is 7.81. The lowest BCUT2D eigenvalue weighted by Crippen LogP contribution is -2.34. The van der Waals surface area contributed by atoms with E-state index in [1.807, 2.05) is 0 Å². The van der Waals surface area contributed by atoms with Crippen LogP contribution in [0.2, 0.25) is 0 Å². The van der Waals surface area contributed by atoms with Gasteiger partial charge in [-0.3, -0.25) is 4.79 Å². The molecule has 1 aliphatic rings. The van der Waals surface area contributed by atoms with E-state index in [-0.39, 0.29) is 29.1 Å². The molecule has 25 heavy (non-hydrogen) atoms. The van der Waals surface area contributed by atoms with E-state index in [4.69, 9.17) is 0 Å². The Labute approximate surface area is 153 Å². The summed E-state index contributed by atoms with van der Waals surface area (Å²) in [4.78, 5) is 12.5. The van der Waals surface area contributed by atoms with E-state index in [1.165, 1.54) is 10.9 Å². The van der Waals surface area contributed by atoms with Crippen LogP contribution in [0.5, 0.6) is 0 Å². The second kappa shape index (κ2) is 7.99. The zero-order chi connectivity index (χ0) is 17.2. The van der Waals surface area contributed by atoms with Crippen LogP contribution in [0.1, 0.15) is 12.8 Å². The van der Waals surface area contributed by atoms with Gasteiger partial charge in [0.15, 0.2) is 9.84 Å². The van der Waals surface area contributed by atoms with E-state index in [1.54, 1.807) is 30.5 Å². The number of nitrogens with one attached hydrogen (secondary N) is 2. The molecule has 136 valence electrons. The molecule has 0 radical (unpaired) electrons. The predicted octanol–water partition coefficient (Wildman–Crippen LogP) is 1.64. The highest BCUT2D eigenvalue weighted by Gasteiger charge is 2.21. The Kier molecular flexibility index (Phi) is 6.21. The number of rotatable bonds is 4. The van der Waals surface area contributed by atoms with Crippen molar-refractivity contribution in [2.45, 2.75) is 17.7 Å². The fourth-order valence-corrected chi connectivity index (χ4v) is 3.67. The van der Waals surface area contributed by atoms with Crippen molar-refractivity contribution in [3.8, 4) is 5.69 Å². The highest BCUT2D eigenvalue weighted by Crippen LogP contribution is 2.21. The summed E-state index contributed by atoms with van der Waals surface area (Å²) in [7, 11) is -3.37. The molecule has 0 atom stereocenters. The van der Waals surface area contributed by atoms with Gasteiger partial charge >= 0.3 is 0 Å². The molecule has 1 amide bonds. The van der Waals surface area contributed by atoms with E-state index >= 15 is 0 Å². The van der Waals surface area contributed by atoms with Crippen molar-refractivity contribution in [3.63, 3.8) is 0 Å². The average Bonchev–Trinajstić information content (AvgIpc) is 3.03. The first-order chi connectivity index (χ1) is 11.4. The summed E-state index contributed by atoms with van der Waals surface area (Å²) >= 11 is 0. The van der Waals surface area contributed by atoms with Crippen LogP contribution >= 0.6 is 12.4 Å². The number of carbonyl (C=O) groups is 1. The maximum absolute atomic E-state index is 12.3. The number of amides is 1. The minimum atomic E-state index is -3.37. The highest BCUT2D eigenvalue weighted by molar-refractivity contribution is 7.90. The van der Waals surface area contributed by atoms with Crippen LogP contribution in [0, 0.1) is 5.92 Å². The van der Waals surface area contributed by atoms with Crippen LogP contribution in [0.3, 0.4) is 0 Å². The first kappa shape index (κ1) is 19.4. The van der Waals surface area contributed by atoms with Crippen LogP contribution in [-0.2, 0) is 14.6 Å². The number of para-hydroxylation sites is 1. The molecule has 2 heterocycles. The third-order valence-corrected chi connectivity index (χ3v) is 5.22. The summed E-state index contributed by atoms with van der Waals surface area (Å²) < 4.78 is 25.3. The molecule has 1 saturated heterocycles. The van der Waals surface area contributed by atoms with Crippen LogP contribution in [-0.4, -0.2) is 43.5 Å². The van der Waals surface area contributed by atoms with Crippen molar-refractivity contribution < 1.29 is 13.2 Å². The number of carbonyl (C=O) groups excluding carboxylic acids is 1. The Morgan fingerprint density at radius 2 is 1.96 bits per heavy atom. The summed E-state index contributed by atoms with van der Waals surface area (Å²) in [5, 5.41) is 10.3. The SMILES string of the molecule is CS(=O)(=O)c1ccccc1-n1cc(NC(=O)C2CCNCC2)cn1.Cl. The minimum Gasteiger partial charge on any atom is -0.323 e. The molecule has 0 spiro atoms. The van der Waals surface area contributed by atoms with E-state index in [2.05, 4.69) is 15.7 Å². The lowest BCUT2D eigenvalue weighted by Gasteiger charge is -2.21. The van der Waals surface area contributed by atoms with Gasteiger partial charge < -0.3 is 10.6 Å². The molecular weight excluding hydrogens is 364 g/mol. The van der Waals surface area contributed by atoms with Crippen molar-refractivity contribution in [3.05, 3.63) is 36.7 Å². The molecule has 1 aromatic heterocycles. The highest BCUT2D eigenvalue weighted by atomic mass is 35.5. The topological polar surface area (TPSA) is 93.1 Å². The van der Waals surface area contributed by atoms with Gasteiger partial charge in [-0.2, -0.15) is 5.10 Å². The molecule has 2 aromatic rings. The number of sulfone groups is 1. The fourth-order valence-electron chi connectivity index (χ4n) is 2.81. The second-order valence-electron chi connectivity index (χ2n) is 5.93. The zero-order valence-electron chi connectivity index (χ0n) is 13.8. The molecule has 7 nitrogen and oxygen atoms in total. The molecule has 9 heteroatoms. The molecular formula is C16H21ClN4O3S. The van der Waals surface area contributed by atoms with E-state index in [0.717, 1.165) is 32.2 Å². The van der Waals surface area contributed by atoms with Crippen molar-refractivity contribution in [2.24, 2.45) is 5.92 Å². The number of nitrogens with zero attached hydrogens (tertiary/aromatic N) is 2. The average molecular weight is 385 g/mol. The van der Waals surface area contributed by atoms with Crippen molar-refractivity contribution in [1.29, 1.82) is 0 Å². The third kappa shape index (κ3) is 4.59. The monoisotopic (exact) mass is 384 g/mol. The minimum absolute atomic E-state index is 0. The number of anilines is 1. The van der Waals surface area contributed by atoms with Gasteiger partial charge in [0.1, 0.15) is 0 Å². The summed E-state index contributed by atoms with van der Waals surface area (Å²) in [5.41, 5.74) is 1.02. The van der Waals surface area contributed by atoms with Gasteiger partial charge in [0.05, 0.1) is 28.7 Å². The van der Waals surface area contributed by atoms with E-state index in [0.29, 0.717) is 11.4 Å². The molecule has 1 aliphatic heterocycles. The first-order valence-corrected chi connectivity index (χ1v) is 9.70. The maximum atomic E-state index is 12.3. The smallest absolute Gasteiger partial charge is 0.227 e. The molecule has 1 aromatic carbocycles. The van der Waals surface area contributed by atoms with Gasteiger partial charge in [0, 0.05) is 12.2 Å². The van der Waals surface area contributed by atoms with Crippen molar-refractivity contribution >= 4 is 33.8 Å². The zero-order valence-corrected chi connectivity index (χ0v) is 15.4. The molecule has 0 unspecified atom stereocenters. The van der Waals surface area contributed by atoms with Crippen LogP contribution in [0.25, 0.3) is 5.69 Å². The molecule has 1 fully saturated rings. The van der Waals surface area contributed by atoms with Gasteiger partial charge in [0.25, 0.3) is 0 Å². The van der Waals surface area contributed by atoms with Crippen molar-refractivity contribution in [2.75, 3.05) is 24.7 Å². The lowest BCUT2D eigenvalue weighted by atomic mass is 9.97. The number of halogens is 1. The largest absolute Gasteiger partial charge is 0.323 e. The summed E-state index contributed by atoms with van der Waals surface area (Å²) in [6.45, 7) is 1.69. The second-order valence-corrected chi connectivity index (χ2v) is 7.91. The van der Waals surface area contributed by atoms with Gasteiger partial charge in [-0.05, 0) is 38.1 Å². The Bertz CT molecular complexity index is 845. The standard InChI is InChI=1S/C16H20N4O3S.ClH/c1-24(22,23)15-5-3-2-4-14(15)20-11-13(10-18-20)19-16(21)12-6-8-17-9-7-12;/h2-5,10-12,17H,6-9H2,1H3,(H,19,21);1H. The Hall–Kier alpha value is -1.90. The van der Waals surface area contributed by atoms with Gasteiger partial charge in [-0.15, -0.1) is 12.4 Å². The normalized spacial score (nSPS) is 15.4. The molecule has 0 bridgehead atoms. The Morgan fingerprint density at radius 3 is 2.64 bits per heavy atom. The predicted molar refractivity (Wildman–Crippen MR) is 98.1 cm³/mol. The quantitative estimate of drug-likeness (QED) is 0.835. The maximum Gasteiger partial charge on any atom is 0.227 e. The number of benzene rings is 1.